The van der Waals surface area contributed by atoms with Crippen LogP contribution in [-0.4, -0.2) is 11.8 Å². The van der Waals surface area contributed by atoms with Crippen molar-refractivity contribution in [2.24, 2.45) is 5.92 Å². The summed E-state index contributed by atoms with van der Waals surface area (Å²) in [5.41, 5.74) is 18.2. The molecule has 0 saturated heterocycles. The zero-order valence-corrected chi connectivity index (χ0v) is 34.4. The van der Waals surface area contributed by atoms with Gasteiger partial charge in [-0.25, -0.2) is 0 Å². The Labute approximate surface area is 299 Å². The number of halogens is 2. The zero-order chi connectivity index (χ0) is 31.5. The second kappa shape index (κ2) is 11.9. The summed E-state index contributed by atoms with van der Waals surface area (Å²) in [7, 11) is -1.43. The third kappa shape index (κ3) is 5.39. The summed E-state index contributed by atoms with van der Waals surface area (Å²) in [6.07, 6.45) is 6.16. The maximum atomic E-state index is 2.77. The van der Waals surface area contributed by atoms with Crippen LogP contribution in [0.4, 0.5) is 0 Å². The van der Waals surface area contributed by atoms with Gasteiger partial charge in [0.2, 0.25) is 0 Å². The Kier molecular flexibility index (Phi) is 9.21. The molecule has 0 aliphatic heterocycles. The quantitative estimate of drug-likeness (QED) is 0.253. The molecule has 4 heteroatoms. The fraction of sp³-hybridized carbons (Fsp3) is 0.357. The molecule has 7 rings (SSSR count). The van der Waals surface area contributed by atoms with E-state index in [1.807, 2.05) is 3.28 Å². The Morgan fingerprint density at radius 1 is 0.761 bits per heavy atom. The van der Waals surface area contributed by atoms with E-state index in [0.29, 0.717) is 5.92 Å². The molecule has 0 spiro atoms. The van der Waals surface area contributed by atoms with Crippen molar-refractivity contribution in [3.63, 3.8) is 0 Å². The van der Waals surface area contributed by atoms with Crippen molar-refractivity contribution in [3.05, 3.63) is 123 Å². The molecule has 0 heterocycles. The van der Waals surface area contributed by atoms with E-state index in [1.165, 1.54) is 50.1 Å². The van der Waals surface area contributed by atoms with Crippen molar-refractivity contribution < 1.29 is 46.1 Å². The molecule has 46 heavy (non-hydrogen) atoms. The number of benzene rings is 3. The summed E-state index contributed by atoms with van der Waals surface area (Å²) >= 11 is -2.50. The molecule has 3 aromatic rings. The van der Waals surface area contributed by atoms with Gasteiger partial charge in [-0.1, -0.05) is 0 Å². The second-order valence-electron chi connectivity index (χ2n) is 16.1. The number of allylic oxidation sites excluding steroid dienone is 8. The van der Waals surface area contributed by atoms with Crippen LogP contribution in [0.3, 0.4) is 0 Å². The minimum absolute atomic E-state index is 0. The smallest absolute Gasteiger partial charge is 1.00 e. The van der Waals surface area contributed by atoms with Crippen LogP contribution in [0.25, 0.3) is 22.3 Å². The second-order valence-corrected chi connectivity index (χ2v) is 26.4. The van der Waals surface area contributed by atoms with Crippen molar-refractivity contribution in [2.75, 3.05) is 0 Å². The van der Waals surface area contributed by atoms with Gasteiger partial charge in [0.1, 0.15) is 0 Å². The molecular weight excluding hydrogens is 695 g/mol. The third-order valence-electron chi connectivity index (χ3n) is 11.1. The summed E-state index contributed by atoms with van der Waals surface area (Å²) in [6.45, 7) is 27.1. The van der Waals surface area contributed by atoms with Crippen LogP contribution in [0.5, 0.6) is 0 Å². The molecule has 0 bridgehead atoms. The first-order chi connectivity index (χ1) is 20.6. The maximum Gasteiger partial charge on any atom is -1.00 e. The molecule has 4 aliphatic carbocycles. The summed E-state index contributed by atoms with van der Waals surface area (Å²) < 4.78 is 6.36. The van der Waals surface area contributed by atoms with Gasteiger partial charge in [0.25, 0.3) is 0 Å². The van der Waals surface area contributed by atoms with Crippen molar-refractivity contribution in [1.29, 1.82) is 0 Å². The van der Waals surface area contributed by atoms with E-state index in [0.717, 1.165) is 6.42 Å². The van der Waals surface area contributed by atoms with Crippen molar-refractivity contribution in [2.45, 2.75) is 92.3 Å². The topological polar surface area (TPSA) is 0 Å². The molecule has 0 nitrogen and oxygen atoms in total. The van der Waals surface area contributed by atoms with Gasteiger partial charge in [0.05, 0.1) is 0 Å². The van der Waals surface area contributed by atoms with Crippen LogP contribution >= 0.6 is 0 Å². The van der Waals surface area contributed by atoms with Gasteiger partial charge in [-0.3, -0.25) is 0 Å². The summed E-state index contributed by atoms with van der Waals surface area (Å²) in [5, 5.41) is 1.70. The Hall–Kier alpha value is -1.83. The first kappa shape index (κ1) is 35.5. The van der Waals surface area contributed by atoms with Gasteiger partial charge in [-0.2, -0.15) is 0 Å². The van der Waals surface area contributed by atoms with Gasteiger partial charge in [0.15, 0.2) is 0 Å². The molecule has 1 atom stereocenters. The summed E-state index contributed by atoms with van der Waals surface area (Å²) in [4.78, 5) is 0. The number of hydrogen-bond acceptors (Lipinski definition) is 0. The number of fused-ring (bicyclic) bond motifs is 5. The first-order valence-electron chi connectivity index (χ1n) is 16.6. The molecule has 238 valence electrons. The van der Waals surface area contributed by atoms with Gasteiger partial charge >= 0.3 is 277 Å². The van der Waals surface area contributed by atoms with E-state index < -0.39 is 29.3 Å². The van der Waals surface area contributed by atoms with Gasteiger partial charge in [-0.05, 0) is 0 Å². The predicted molar refractivity (Wildman–Crippen MR) is 192 cm³/mol. The van der Waals surface area contributed by atoms with Crippen LogP contribution in [0.15, 0.2) is 84.1 Å². The predicted octanol–water partition coefficient (Wildman–Crippen LogP) is 5.18. The number of rotatable bonds is 4. The van der Waals surface area contributed by atoms with Gasteiger partial charge in [-0.15, -0.1) is 0 Å². The Balaban J connectivity index is 0.00000208. The minimum atomic E-state index is -2.50. The zero-order valence-electron chi connectivity index (χ0n) is 29.5. The van der Waals surface area contributed by atoms with Crippen LogP contribution in [0.1, 0.15) is 94.3 Å². The van der Waals surface area contributed by atoms with E-state index in [2.05, 4.69) is 145 Å². The van der Waals surface area contributed by atoms with E-state index in [1.54, 1.807) is 25.2 Å². The van der Waals surface area contributed by atoms with Crippen molar-refractivity contribution >= 4 is 22.9 Å². The largest absolute Gasteiger partial charge is 1.00 e. The molecule has 0 N–H and O–H groups in total. The maximum absolute atomic E-state index is 2.77. The van der Waals surface area contributed by atoms with E-state index in [4.69, 9.17) is 0 Å². The normalized spacial score (nSPS) is 20.0. The van der Waals surface area contributed by atoms with Gasteiger partial charge < -0.3 is 24.8 Å². The van der Waals surface area contributed by atoms with Crippen molar-refractivity contribution in [3.8, 4) is 11.1 Å². The van der Waals surface area contributed by atoms with Crippen LogP contribution < -0.4 is 24.8 Å². The minimum Gasteiger partial charge on any atom is -1.00 e. The Morgan fingerprint density at radius 2 is 1.35 bits per heavy atom. The third-order valence-corrected chi connectivity index (χ3v) is 22.0. The Morgan fingerprint density at radius 3 is 1.93 bits per heavy atom. The molecule has 4 aliphatic rings. The van der Waals surface area contributed by atoms with E-state index >= 15 is 0 Å². The molecule has 1 unspecified atom stereocenters. The summed E-state index contributed by atoms with van der Waals surface area (Å²) in [5.74, 6) is 0.533. The fourth-order valence-corrected chi connectivity index (χ4v) is 20.2. The molecule has 0 aromatic heterocycles. The first-order valence-corrected chi connectivity index (χ1v) is 23.9. The van der Waals surface area contributed by atoms with E-state index in [-0.39, 0.29) is 35.6 Å². The fourth-order valence-electron chi connectivity index (χ4n) is 9.15. The van der Waals surface area contributed by atoms with Crippen LogP contribution in [-0.2, 0) is 38.5 Å². The van der Waals surface area contributed by atoms with E-state index in [9.17, 15) is 0 Å². The monoisotopic (exact) mass is 740 g/mol. The average molecular weight is 743 g/mol. The summed E-state index contributed by atoms with van der Waals surface area (Å²) in [6, 6.07) is 21.5. The van der Waals surface area contributed by atoms with Crippen LogP contribution in [0, 0.1) is 5.92 Å². The van der Waals surface area contributed by atoms with Crippen molar-refractivity contribution in [1.82, 2.24) is 0 Å². The average Bonchev–Trinajstić information content (AvgIpc) is 3.58. The Bertz CT molecular complexity index is 1940. The molecular formula is C42H48Cl2SiZr. The molecule has 0 amide bonds. The van der Waals surface area contributed by atoms with Gasteiger partial charge in [0, 0.05) is 0 Å². The molecule has 0 fully saturated rings. The number of hydrogen-bond donors (Lipinski definition) is 0. The SMILES string of the molecule is CC1=CC(C)(C)c2cc3c(cc21)-c1cc2c(cc1C3)C(C)(C)[C]([Zr+2](=[CH]c1ccccc1)[C]1=C(C)C([Si](C)(C)C)=CC1C)=C2C.[Cl-].[Cl-]. The molecule has 0 radical (unpaired) electrons. The standard InChI is InChI=1S/C25H25.C10H17Si.C7H6.2ClH.Zr/c1-14-12-24(3,4)22-8-16-7-17-9-23-19(15(2)13-25(23,5)6)11-21(17)20(16)10-18(14)22;1-8-6-9(2)10(7-8)11(3,4)5;1-7-5-3-2-4-6-7;;;/h8-12H,7H2,1-6H3;7-8H,1-5H3;1-6H;2*1H;/q;;;;;+2/p-2. The van der Waals surface area contributed by atoms with Crippen LogP contribution in [0.2, 0.25) is 19.6 Å². The molecule has 3 aromatic carbocycles. The molecule has 0 saturated carbocycles.